The number of hydrogen-bond acceptors (Lipinski definition) is 5. The Morgan fingerprint density at radius 1 is 1.26 bits per heavy atom. The van der Waals surface area contributed by atoms with E-state index in [0.29, 0.717) is 11.3 Å². The highest BCUT2D eigenvalue weighted by Crippen LogP contribution is 2.16. The van der Waals surface area contributed by atoms with Crippen LogP contribution in [-0.4, -0.2) is 17.0 Å². The summed E-state index contributed by atoms with van der Waals surface area (Å²) in [6.45, 7) is 0. The molecule has 2 aromatic rings. The lowest BCUT2D eigenvalue weighted by atomic mass is 10.2. The maximum atomic E-state index is 10.9. The largest absolute Gasteiger partial charge is 0.433 e. The molecule has 0 radical (unpaired) electrons. The van der Waals surface area contributed by atoms with Gasteiger partial charge in [0.15, 0.2) is 5.76 Å². The van der Waals surface area contributed by atoms with Crippen LogP contribution < -0.4 is 5.73 Å². The number of nitrogens with two attached hydrogens (primary N) is 1. The number of benzene rings is 1. The van der Waals surface area contributed by atoms with Crippen molar-refractivity contribution in [3.63, 3.8) is 0 Å². The number of furan rings is 1. The molecule has 0 bridgehead atoms. The molecule has 0 aliphatic carbocycles. The van der Waals surface area contributed by atoms with E-state index in [9.17, 15) is 14.9 Å². The predicted molar refractivity (Wildman–Crippen MR) is 67.6 cm³/mol. The van der Waals surface area contributed by atoms with Crippen molar-refractivity contribution in [1.29, 1.82) is 0 Å². The summed E-state index contributed by atoms with van der Waals surface area (Å²) in [5, 5.41) is 10.4. The quantitative estimate of drug-likeness (QED) is 0.514. The van der Waals surface area contributed by atoms with Gasteiger partial charge in [-0.1, -0.05) is 0 Å². The second kappa shape index (κ2) is 5.13. The first-order valence-corrected chi connectivity index (χ1v) is 5.24. The maximum Gasteiger partial charge on any atom is 0.433 e. The van der Waals surface area contributed by atoms with Crippen LogP contribution in [0.15, 0.2) is 45.8 Å². The number of amides is 1. The third-order valence-corrected chi connectivity index (χ3v) is 2.29. The van der Waals surface area contributed by atoms with Gasteiger partial charge in [0.2, 0.25) is 5.91 Å². The zero-order chi connectivity index (χ0) is 13.8. The number of carbonyl (C=O) groups is 1. The van der Waals surface area contributed by atoms with Crippen LogP contribution in [0.5, 0.6) is 0 Å². The van der Waals surface area contributed by atoms with Crippen LogP contribution in [0.4, 0.5) is 11.6 Å². The normalized spacial score (nSPS) is 10.7. The highest BCUT2D eigenvalue weighted by atomic mass is 16.6. The van der Waals surface area contributed by atoms with Crippen LogP contribution in [0.3, 0.4) is 0 Å². The lowest BCUT2D eigenvalue weighted by Crippen LogP contribution is -2.10. The Labute approximate surface area is 107 Å². The highest BCUT2D eigenvalue weighted by Gasteiger charge is 2.10. The molecule has 2 rings (SSSR count). The summed E-state index contributed by atoms with van der Waals surface area (Å²) < 4.78 is 4.91. The number of rotatable bonds is 4. The van der Waals surface area contributed by atoms with Crippen molar-refractivity contribution < 1.29 is 14.1 Å². The van der Waals surface area contributed by atoms with Crippen molar-refractivity contribution in [2.45, 2.75) is 0 Å². The Balaban J connectivity index is 2.13. The maximum absolute atomic E-state index is 10.9. The first-order chi connectivity index (χ1) is 9.06. The highest BCUT2D eigenvalue weighted by molar-refractivity contribution is 5.93. The summed E-state index contributed by atoms with van der Waals surface area (Å²) >= 11 is 0. The van der Waals surface area contributed by atoms with Crippen molar-refractivity contribution in [1.82, 2.24) is 0 Å². The van der Waals surface area contributed by atoms with Crippen LogP contribution in [-0.2, 0) is 0 Å². The van der Waals surface area contributed by atoms with E-state index in [1.54, 1.807) is 24.3 Å². The molecule has 19 heavy (non-hydrogen) atoms. The molecule has 0 saturated heterocycles. The minimum absolute atomic E-state index is 0.269. The van der Waals surface area contributed by atoms with Crippen molar-refractivity contribution in [2.75, 3.05) is 0 Å². The molecule has 7 nitrogen and oxygen atoms in total. The summed E-state index contributed by atoms with van der Waals surface area (Å²) in [6.07, 6.45) is 1.35. The topological polar surface area (TPSA) is 112 Å². The Bertz CT molecular complexity index is 643. The van der Waals surface area contributed by atoms with Gasteiger partial charge in [-0.15, -0.1) is 0 Å². The van der Waals surface area contributed by atoms with Crippen molar-refractivity contribution in [3.8, 4) is 0 Å². The third kappa shape index (κ3) is 3.03. The van der Waals surface area contributed by atoms with E-state index in [0.717, 1.165) is 0 Å². The lowest BCUT2D eigenvalue weighted by Gasteiger charge is -1.95. The van der Waals surface area contributed by atoms with Crippen LogP contribution in [0.25, 0.3) is 0 Å². The van der Waals surface area contributed by atoms with E-state index in [-0.39, 0.29) is 11.6 Å². The van der Waals surface area contributed by atoms with E-state index < -0.39 is 10.8 Å². The average molecular weight is 259 g/mol. The van der Waals surface area contributed by atoms with Gasteiger partial charge in [-0.25, -0.2) is 0 Å². The standard InChI is InChI=1S/C12H9N3O4/c13-12(16)8-1-3-9(4-2-8)14-7-10-5-6-11(19-10)15(17)18/h1-7H,(H2,13,16). The fraction of sp³-hybridized carbons (Fsp3) is 0. The number of nitrogens with zero attached hydrogens (tertiary/aromatic N) is 2. The van der Waals surface area contributed by atoms with Gasteiger partial charge in [0.25, 0.3) is 0 Å². The Morgan fingerprint density at radius 2 is 1.95 bits per heavy atom. The molecule has 0 fully saturated rings. The minimum Gasteiger partial charge on any atom is -0.400 e. The van der Waals surface area contributed by atoms with Crippen molar-refractivity contribution in [2.24, 2.45) is 10.7 Å². The molecule has 96 valence electrons. The van der Waals surface area contributed by atoms with Crippen molar-refractivity contribution in [3.05, 3.63) is 57.8 Å². The fourth-order valence-corrected chi connectivity index (χ4v) is 1.36. The van der Waals surface area contributed by atoms with Crippen molar-refractivity contribution >= 4 is 23.7 Å². The molecule has 1 amide bonds. The molecule has 0 atom stereocenters. The van der Waals surface area contributed by atoms with Gasteiger partial charge >= 0.3 is 5.88 Å². The molecule has 1 aromatic carbocycles. The first kappa shape index (κ1) is 12.5. The molecule has 0 unspecified atom stereocenters. The SMILES string of the molecule is NC(=O)c1ccc(N=Cc2ccc([N+](=O)[O-])o2)cc1. The molecule has 0 aliphatic heterocycles. The summed E-state index contributed by atoms with van der Waals surface area (Å²) in [6, 6.07) is 8.98. The monoisotopic (exact) mass is 259 g/mol. The molecule has 0 spiro atoms. The summed E-state index contributed by atoms with van der Waals surface area (Å²) in [4.78, 5) is 24.7. The number of hydrogen-bond donors (Lipinski definition) is 1. The van der Waals surface area contributed by atoms with Gasteiger partial charge in [0, 0.05) is 5.56 Å². The van der Waals surface area contributed by atoms with Crippen LogP contribution in [0.1, 0.15) is 16.1 Å². The first-order valence-electron chi connectivity index (χ1n) is 5.24. The second-order valence-corrected chi connectivity index (χ2v) is 3.60. The van der Waals surface area contributed by atoms with Crippen LogP contribution >= 0.6 is 0 Å². The van der Waals surface area contributed by atoms with Gasteiger partial charge < -0.3 is 10.2 Å². The summed E-state index contributed by atoms with van der Waals surface area (Å²) in [5.41, 5.74) is 6.06. The molecule has 0 saturated carbocycles. The van der Waals surface area contributed by atoms with E-state index in [2.05, 4.69) is 4.99 Å². The lowest BCUT2D eigenvalue weighted by molar-refractivity contribution is -0.402. The Hall–Kier alpha value is -2.96. The zero-order valence-corrected chi connectivity index (χ0v) is 9.65. The molecule has 2 N–H and O–H groups in total. The second-order valence-electron chi connectivity index (χ2n) is 3.60. The van der Waals surface area contributed by atoms with E-state index in [1.807, 2.05) is 0 Å². The van der Waals surface area contributed by atoms with Gasteiger partial charge in [0.05, 0.1) is 18.0 Å². The predicted octanol–water partition coefficient (Wildman–Crippen LogP) is 2.04. The number of nitro groups is 1. The van der Waals surface area contributed by atoms with Gasteiger partial charge in [-0.05, 0) is 30.3 Å². The van der Waals surface area contributed by atoms with E-state index in [1.165, 1.54) is 18.3 Å². The zero-order valence-electron chi connectivity index (χ0n) is 9.65. The Kier molecular flexibility index (Phi) is 3.37. The number of carbonyl (C=O) groups excluding carboxylic acids is 1. The summed E-state index contributed by atoms with van der Waals surface area (Å²) in [5.74, 6) is -0.589. The fourth-order valence-electron chi connectivity index (χ4n) is 1.36. The van der Waals surface area contributed by atoms with Gasteiger partial charge in [0.1, 0.15) is 4.92 Å². The third-order valence-electron chi connectivity index (χ3n) is 2.29. The van der Waals surface area contributed by atoms with Crippen LogP contribution in [0, 0.1) is 10.1 Å². The average Bonchev–Trinajstić information content (AvgIpc) is 2.86. The molecular formula is C12H9N3O4. The molecule has 1 heterocycles. The smallest absolute Gasteiger partial charge is 0.400 e. The van der Waals surface area contributed by atoms with Crippen LogP contribution in [0.2, 0.25) is 0 Å². The number of primary amides is 1. The molecular weight excluding hydrogens is 250 g/mol. The Morgan fingerprint density at radius 3 is 2.47 bits per heavy atom. The minimum atomic E-state index is -0.626. The molecule has 0 aliphatic rings. The molecule has 1 aromatic heterocycles. The van der Waals surface area contributed by atoms with E-state index >= 15 is 0 Å². The summed E-state index contributed by atoms with van der Waals surface area (Å²) in [7, 11) is 0. The molecule has 7 heteroatoms. The van der Waals surface area contributed by atoms with E-state index in [4.69, 9.17) is 10.2 Å². The number of aliphatic imine (C=N–C) groups is 1. The van der Waals surface area contributed by atoms with Gasteiger partial charge in [-0.3, -0.25) is 19.9 Å². The van der Waals surface area contributed by atoms with Gasteiger partial charge in [-0.2, -0.15) is 0 Å².